The molecular weight excluding hydrogens is 1440 g/mol. The number of hydrogen-bond acceptors (Lipinski definition) is 18. The molecule has 18 aromatic rings. The lowest BCUT2D eigenvalue weighted by atomic mass is 10.1. The zero-order chi connectivity index (χ0) is 62.7. The third kappa shape index (κ3) is 9.21. The normalized spacial score (nSPS) is 12.3. The molecule has 0 spiro atoms. The van der Waals surface area contributed by atoms with Crippen LogP contribution in [0, 0.1) is 125 Å². The van der Waals surface area contributed by atoms with E-state index in [1.54, 1.807) is 0 Å². The van der Waals surface area contributed by atoms with E-state index in [0.29, 0.717) is 0 Å². The molecule has 18 aromatic heterocycles. The molecule has 0 saturated heterocycles. The van der Waals surface area contributed by atoms with Crippen LogP contribution in [-0.4, -0.2) is 0 Å². The Hall–Kier alpha value is -3.06. The van der Waals surface area contributed by atoms with Crippen LogP contribution in [0.4, 0.5) is 0 Å². The lowest BCUT2D eigenvalue weighted by Crippen LogP contribution is -1.76. The zero-order valence-electron chi connectivity index (χ0n) is 52.8. The van der Waals surface area contributed by atoms with Crippen LogP contribution in [0.5, 0.6) is 0 Å². The molecule has 18 heteroatoms. The van der Waals surface area contributed by atoms with Gasteiger partial charge < -0.3 is 0 Å². The fraction of sp³-hybridized carbons (Fsp3) is 0.250. The van der Waals surface area contributed by atoms with Gasteiger partial charge in [-0.1, -0.05) is 0 Å². The van der Waals surface area contributed by atoms with E-state index in [-0.39, 0.29) is 0 Å². The molecule has 0 unspecified atom stereocenters. The Kier molecular flexibility index (Phi) is 15.6. The van der Waals surface area contributed by atoms with Crippen molar-refractivity contribution in [2.24, 2.45) is 0 Å². The Bertz CT molecular complexity index is 5590. The van der Waals surface area contributed by atoms with Crippen molar-refractivity contribution in [3.63, 3.8) is 0 Å². The Morgan fingerprint density at radius 1 is 0.133 bits per heavy atom. The van der Waals surface area contributed by atoms with Gasteiger partial charge in [0.15, 0.2) is 0 Å². The summed E-state index contributed by atoms with van der Waals surface area (Å²) in [5.74, 6) is 0. The first-order valence-electron chi connectivity index (χ1n) is 29.5. The molecule has 0 radical (unpaired) electrons. The maximum absolute atomic E-state index is 2.35. The molecule has 0 aromatic carbocycles. The van der Waals surface area contributed by atoms with E-state index < -0.39 is 0 Å². The lowest BCUT2D eigenvalue weighted by Gasteiger charge is -2.02. The van der Waals surface area contributed by atoms with Crippen LogP contribution in [0.25, 0.3) is 143 Å². The average molecular weight is 1500 g/mol. The summed E-state index contributed by atoms with van der Waals surface area (Å²) >= 11 is 35.4. The molecule has 0 N–H and O–H groups in total. The average Bonchev–Trinajstić information content (AvgIpc) is 1.59. The van der Waals surface area contributed by atoms with Crippen LogP contribution in [-0.2, 0) is 0 Å². The molecule has 0 amide bonds. The van der Waals surface area contributed by atoms with Crippen LogP contribution >= 0.6 is 204 Å². The van der Waals surface area contributed by atoms with Crippen molar-refractivity contribution < 1.29 is 0 Å². The van der Waals surface area contributed by atoms with Gasteiger partial charge in [0.25, 0.3) is 0 Å². The summed E-state index contributed by atoms with van der Waals surface area (Å²) in [7, 11) is 0. The van der Waals surface area contributed by atoms with Crippen molar-refractivity contribution in [3.8, 4) is 58.5 Å². The first-order valence-corrected chi connectivity index (χ1v) is 44.6. The van der Waals surface area contributed by atoms with Crippen molar-refractivity contribution in [2.45, 2.75) is 125 Å². The largest absolute Gasteiger partial charge is 0.142 e. The molecule has 18 rings (SSSR count). The SMILES string of the molecule is Cc1csc2c(C)c(-c3sc4c(C)c(-c5sc6c(C)c(-c7sc8c(C)csc8c7C)sc6c5C)sc4c3C)sc12.Cc1csc2c(C)c(-c3sc4c(C)c(-c5sc6c(C)csc6c5C)sc4c3C)sc12.Cc1csc2c(C)c(-c3sc4c(C)csc4c3C)sc12. The van der Waals surface area contributed by atoms with E-state index in [0.717, 1.165) is 0 Å². The molecule has 0 saturated carbocycles. The van der Waals surface area contributed by atoms with E-state index in [2.05, 4.69) is 157 Å². The van der Waals surface area contributed by atoms with Crippen molar-refractivity contribution in [3.05, 3.63) is 132 Å². The summed E-state index contributed by atoms with van der Waals surface area (Å²) in [4.78, 5) is 17.8. The minimum atomic E-state index is 1.42. The highest BCUT2D eigenvalue weighted by atomic mass is 32.2. The molecule has 18 heterocycles. The van der Waals surface area contributed by atoms with E-state index in [4.69, 9.17) is 0 Å². The van der Waals surface area contributed by atoms with E-state index in [1.807, 2.05) is 204 Å². The Balaban J connectivity index is 0.000000114. The summed E-state index contributed by atoms with van der Waals surface area (Å²) in [6.07, 6.45) is 0. The summed E-state index contributed by atoms with van der Waals surface area (Å²) in [6, 6.07) is 0. The quantitative estimate of drug-likeness (QED) is 0.156. The number of hydrogen-bond donors (Lipinski definition) is 0. The van der Waals surface area contributed by atoms with Crippen molar-refractivity contribution in [2.75, 3.05) is 0 Å². The lowest BCUT2D eigenvalue weighted by molar-refractivity contribution is 1.56. The minimum absolute atomic E-state index is 1.42. The molecule has 90 heavy (non-hydrogen) atoms. The third-order valence-corrected chi connectivity index (χ3v) is 44.5. The van der Waals surface area contributed by atoms with Gasteiger partial charge in [0, 0.05) is 143 Å². The standard InChI is InChI=1S/C32H26S8.C24H20S6.C16H14S4/c1-11-9-33-21-13(3)23(35-19(11)21)25-15(5)27-29(37-25)17(7)31(39-27)32-18(8)30-28(40-32)16(6)26(38-30)24-14(4)22-20(36-24)12(2)10-34-22;1-9-7-25-17-11(3)19(27-15(9)17)21-13(5)23-24(29-21)14(6)22(30-23)20-12(4)18-16(28-20)10(2)8-26-18;1-7-5-17-13-9(3)15(19-11(7)13)16-10(4)14-12(20-16)8(2)6-18-14/h9-10H,1-8H3;7-8H,1-6H3;5-6H,1-4H3. The van der Waals surface area contributed by atoms with Crippen molar-refractivity contribution >= 4 is 289 Å². The van der Waals surface area contributed by atoms with Gasteiger partial charge in [-0.15, -0.1) is 204 Å². The zero-order valence-corrected chi connectivity index (χ0v) is 67.5. The van der Waals surface area contributed by atoms with Gasteiger partial charge in [0.2, 0.25) is 0 Å². The van der Waals surface area contributed by atoms with Crippen LogP contribution in [0.2, 0.25) is 0 Å². The molecule has 0 nitrogen and oxygen atoms in total. The van der Waals surface area contributed by atoms with Gasteiger partial charge in [-0.05, 0) is 257 Å². The molecule has 0 aliphatic heterocycles. The fourth-order valence-electron chi connectivity index (χ4n) is 12.7. The Labute approximate surface area is 596 Å². The highest BCUT2D eigenvalue weighted by Crippen LogP contribution is 2.59. The summed E-state index contributed by atoms with van der Waals surface area (Å²) in [5.41, 5.74) is 26.1. The van der Waals surface area contributed by atoms with Crippen LogP contribution < -0.4 is 0 Å². The second kappa shape index (κ2) is 22.8. The summed E-state index contributed by atoms with van der Waals surface area (Å²) < 4.78 is 26.7. The molecule has 0 aliphatic rings. The van der Waals surface area contributed by atoms with E-state index in [9.17, 15) is 0 Å². The number of aryl methyl sites for hydroxylation is 18. The van der Waals surface area contributed by atoms with E-state index in [1.165, 1.54) is 243 Å². The monoisotopic (exact) mass is 1500 g/mol. The maximum Gasteiger partial charge on any atom is 0.0496 e. The predicted molar refractivity (Wildman–Crippen MR) is 437 cm³/mol. The number of rotatable bonds is 6. The first-order chi connectivity index (χ1) is 43.1. The van der Waals surface area contributed by atoms with Gasteiger partial charge in [0.05, 0.1) is 0 Å². The summed E-state index contributed by atoms with van der Waals surface area (Å²) in [5, 5.41) is 13.8. The molecule has 0 bridgehead atoms. The molecule has 0 fully saturated rings. The molecule has 0 atom stereocenters. The number of fused-ring (bicyclic) bond motifs is 9. The Morgan fingerprint density at radius 2 is 0.233 bits per heavy atom. The highest BCUT2D eigenvalue weighted by Gasteiger charge is 2.29. The van der Waals surface area contributed by atoms with Gasteiger partial charge in [-0.2, -0.15) is 0 Å². The van der Waals surface area contributed by atoms with Gasteiger partial charge >= 0.3 is 0 Å². The van der Waals surface area contributed by atoms with Gasteiger partial charge in [0.1, 0.15) is 0 Å². The van der Waals surface area contributed by atoms with Crippen molar-refractivity contribution in [1.82, 2.24) is 0 Å². The third-order valence-electron chi connectivity index (χ3n) is 18.0. The Morgan fingerprint density at radius 3 is 0.344 bits per heavy atom. The van der Waals surface area contributed by atoms with Gasteiger partial charge in [-0.3, -0.25) is 0 Å². The maximum atomic E-state index is 2.35. The highest BCUT2D eigenvalue weighted by molar-refractivity contribution is 7.40. The second-order valence-electron chi connectivity index (χ2n) is 24.1. The fourth-order valence-corrected chi connectivity index (χ4v) is 37.8. The predicted octanol–water partition coefficient (Wildman–Crippen LogP) is 32.1. The minimum Gasteiger partial charge on any atom is -0.142 e. The topological polar surface area (TPSA) is 0 Å². The van der Waals surface area contributed by atoms with Gasteiger partial charge in [-0.25, -0.2) is 0 Å². The summed E-state index contributed by atoms with van der Waals surface area (Å²) in [6.45, 7) is 41.3. The molecule has 456 valence electrons. The second-order valence-corrected chi connectivity index (χ2v) is 41.6. The first kappa shape index (κ1) is 61.8. The molecular formula is C72H60S18. The smallest absolute Gasteiger partial charge is 0.0496 e. The van der Waals surface area contributed by atoms with Crippen LogP contribution in [0.3, 0.4) is 0 Å². The van der Waals surface area contributed by atoms with E-state index >= 15 is 0 Å². The number of thiophene rings is 18. The van der Waals surface area contributed by atoms with Crippen LogP contribution in [0.1, 0.15) is 100 Å². The van der Waals surface area contributed by atoms with Crippen molar-refractivity contribution in [1.29, 1.82) is 0 Å². The van der Waals surface area contributed by atoms with Crippen LogP contribution in [0.15, 0.2) is 32.3 Å². The molecule has 0 aliphatic carbocycles.